The third-order valence-corrected chi connectivity index (χ3v) is 7.38. The van der Waals surface area contributed by atoms with Crippen molar-refractivity contribution < 1.29 is 22.0 Å². The van der Waals surface area contributed by atoms with E-state index in [1.54, 1.807) is 0 Å². The molecule has 2 heterocycles. The van der Waals surface area contributed by atoms with Crippen LogP contribution in [0.1, 0.15) is 10.4 Å². The minimum absolute atomic E-state index is 0.0983. The van der Waals surface area contributed by atoms with Crippen LogP contribution in [0.5, 0.6) is 0 Å². The first-order valence-corrected chi connectivity index (χ1v) is 9.92. The van der Waals surface area contributed by atoms with Crippen LogP contribution < -0.4 is 0 Å². The molecule has 3 rings (SSSR count). The van der Waals surface area contributed by atoms with Gasteiger partial charge in [0.1, 0.15) is 15.8 Å². The average Bonchev–Trinajstić information content (AvgIpc) is 3.01. The standard InChI is InChI=1S/C15H13ClF2N2O3S2/c16-13-1-2-14(24-13)25(22,23)20-5-3-19(4-6-20)15(21)10-7-11(17)9-12(18)8-10/h1-2,7-9H,3-6H2. The van der Waals surface area contributed by atoms with Gasteiger partial charge in [0.25, 0.3) is 15.9 Å². The van der Waals surface area contributed by atoms with Gasteiger partial charge < -0.3 is 4.90 Å². The Kier molecular flexibility index (Phi) is 5.10. The van der Waals surface area contributed by atoms with E-state index in [1.807, 2.05) is 0 Å². The molecule has 10 heteroatoms. The van der Waals surface area contributed by atoms with Crippen LogP contribution in [0.4, 0.5) is 8.78 Å². The van der Waals surface area contributed by atoms with Crippen molar-refractivity contribution in [1.82, 2.24) is 9.21 Å². The molecule has 1 fully saturated rings. The number of nitrogens with zero attached hydrogens (tertiary/aromatic N) is 2. The van der Waals surface area contributed by atoms with Gasteiger partial charge in [0.2, 0.25) is 0 Å². The lowest BCUT2D eigenvalue weighted by molar-refractivity contribution is 0.0697. The number of carbonyl (C=O) groups is 1. The number of halogens is 3. The molecule has 0 radical (unpaired) electrons. The Morgan fingerprint density at radius 2 is 1.64 bits per heavy atom. The Labute approximate surface area is 152 Å². The number of sulfonamides is 1. The highest BCUT2D eigenvalue weighted by atomic mass is 35.5. The molecule has 2 aromatic rings. The molecule has 1 saturated heterocycles. The first-order chi connectivity index (χ1) is 11.8. The molecule has 5 nitrogen and oxygen atoms in total. The molecule has 0 unspecified atom stereocenters. The summed E-state index contributed by atoms with van der Waals surface area (Å²) in [7, 11) is -3.66. The monoisotopic (exact) mass is 406 g/mol. The number of rotatable bonds is 3. The molecule has 0 aliphatic carbocycles. The van der Waals surface area contributed by atoms with Crippen molar-refractivity contribution in [3.63, 3.8) is 0 Å². The third-order valence-electron chi connectivity index (χ3n) is 3.78. The van der Waals surface area contributed by atoms with Crippen LogP contribution in [-0.4, -0.2) is 49.7 Å². The van der Waals surface area contributed by atoms with Gasteiger partial charge >= 0.3 is 0 Å². The molecule has 0 atom stereocenters. The van der Waals surface area contributed by atoms with Crippen molar-refractivity contribution in [2.24, 2.45) is 0 Å². The second-order valence-corrected chi connectivity index (χ2v) is 9.29. The summed E-state index contributed by atoms with van der Waals surface area (Å²) in [4.78, 5) is 13.7. The highest BCUT2D eigenvalue weighted by Crippen LogP contribution is 2.28. The summed E-state index contributed by atoms with van der Waals surface area (Å²) >= 11 is 6.75. The summed E-state index contributed by atoms with van der Waals surface area (Å²) in [5, 5.41) is 0. The van der Waals surface area contributed by atoms with E-state index in [0.717, 1.165) is 23.5 Å². The molecule has 0 N–H and O–H groups in total. The van der Waals surface area contributed by atoms with E-state index in [0.29, 0.717) is 10.4 Å². The predicted molar refractivity (Wildman–Crippen MR) is 90.3 cm³/mol. The molecule has 1 aromatic heterocycles. The summed E-state index contributed by atoms with van der Waals surface area (Å²) < 4.78 is 53.3. The van der Waals surface area contributed by atoms with Crippen molar-refractivity contribution in [3.05, 3.63) is 51.9 Å². The van der Waals surface area contributed by atoms with E-state index >= 15 is 0 Å². The molecule has 0 spiro atoms. The fourth-order valence-corrected chi connectivity index (χ4v) is 5.61. The zero-order chi connectivity index (χ0) is 18.2. The first-order valence-electron chi connectivity index (χ1n) is 7.28. The summed E-state index contributed by atoms with van der Waals surface area (Å²) in [5.74, 6) is -2.20. The van der Waals surface area contributed by atoms with Crippen LogP contribution in [-0.2, 0) is 10.0 Å². The van der Waals surface area contributed by atoms with Crippen LogP contribution in [0.2, 0.25) is 4.34 Å². The van der Waals surface area contributed by atoms with Gasteiger partial charge in [-0.25, -0.2) is 17.2 Å². The van der Waals surface area contributed by atoms with E-state index in [9.17, 15) is 22.0 Å². The average molecular weight is 407 g/mol. The smallest absolute Gasteiger partial charge is 0.254 e. The summed E-state index contributed by atoms with van der Waals surface area (Å²) in [5.41, 5.74) is -0.0983. The van der Waals surface area contributed by atoms with Gasteiger partial charge in [-0.2, -0.15) is 4.31 Å². The summed E-state index contributed by atoms with van der Waals surface area (Å²) in [6.45, 7) is 0.466. The lowest BCUT2D eigenvalue weighted by atomic mass is 10.1. The molecular weight excluding hydrogens is 394 g/mol. The zero-order valence-electron chi connectivity index (χ0n) is 12.8. The Morgan fingerprint density at radius 3 is 2.16 bits per heavy atom. The van der Waals surface area contributed by atoms with Crippen LogP contribution in [0.3, 0.4) is 0 Å². The molecule has 134 valence electrons. The van der Waals surface area contributed by atoms with Gasteiger partial charge in [0.15, 0.2) is 0 Å². The van der Waals surface area contributed by atoms with Gasteiger partial charge in [0, 0.05) is 37.8 Å². The highest BCUT2D eigenvalue weighted by Gasteiger charge is 2.31. The fraction of sp³-hybridized carbons (Fsp3) is 0.267. The van der Waals surface area contributed by atoms with Crippen molar-refractivity contribution in [2.45, 2.75) is 4.21 Å². The van der Waals surface area contributed by atoms with Crippen molar-refractivity contribution >= 4 is 38.9 Å². The molecule has 1 amide bonds. The topological polar surface area (TPSA) is 57.7 Å². The van der Waals surface area contributed by atoms with Crippen LogP contribution in [0.15, 0.2) is 34.5 Å². The molecule has 25 heavy (non-hydrogen) atoms. The van der Waals surface area contributed by atoms with E-state index in [1.165, 1.54) is 21.3 Å². The van der Waals surface area contributed by atoms with Gasteiger partial charge in [-0.05, 0) is 24.3 Å². The van der Waals surface area contributed by atoms with E-state index in [-0.39, 0.29) is 36.0 Å². The van der Waals surface area contributed by atoms with E-state index in [4.69, 9.17) is 11.6 Å². The number of hydrogen-bond acceptors (Lipinski definition) is 4. The number of piperazine rings is 1. The predicted octanol–water partition coefficient (Wildman–Crippen LogP) is 2.83. The van der Waals surface area contributed by atoms with Crippen LogP contribution in [0, 0.1) is 11.6 Å². The number of thiophene rings is 1. The van der Waals surface area contributed by atoms with Gasteiger partial charge in [-0.1, -0.05) is 11.6 Å². The zero-order valence-corrected chi connectivity index (χ0v) is 15.2. The minimum atomic E-state index is -3.66. The number of hydrogen-bond donors (Lipinski definition) is 0. The first kappa shape index (κ1) is 18.2. The Hall–Kier alpha value is -1.55. The normalized spacial score (nSPS) is 16.2. The molecule has 0 saturated carbocycles. The third kappa shape index (κ3) is 3.84. The number of carbonyl (C=O) groups excluding carboxylic acids is 1. The van der Waals surface area contributed by atoms with Crippen molar-refractivity contribution in [3.8, 4) is 0 Å². The molecule has 0 bridgehead atoms. The number of benzene rings is 1. The lowest BCUT2D eigenvalue weighted by Crippen LogP contribution is -2.50. The van der Waals surface area contributed by atoms with Gasteiger partial charge in [-0.3, -0.25) is 4.79 Å². The Balaban J connectivity index is 1.70. The van der Waals surface area contributed by atoms with Gasteiger partial charge in [0.05, 0.1) is 4.34 Å². The van der Waals surface area contributed by atoms with Gasteiger partial charge in [-0.15, -0.1) is 11.3 Å². The summed E-state index contributed by atoms with van der Waals surface area (Å²) in [6, 6.07) is 5.56. The highest BCUT2D eigenvalue weighted by molar-refractivity contribution is 7.91. The summed E-state index contributed by atoms with van der Waals surface area (Å²) in [6.07, 6.45) is 0. The fourth-order valence-electron chi connectivity index (χ4n) is 2.56. The largest absolute Gasteiger partial charge is 0.336 e. The maximum Gasteiger partial charge on any atom is 0.254 e. The van der Waals surface area contributed by atoms with E-state index < -0.39 is 27.6 Å². The molecule has 1 aromatic carbocycles. The Morgan fingerprint density at radius 1 is 1.04 bits per heavy atom. The van der Waals surface area contributed by atoms with Crippen molar-refractivity contribution in [2.75, 3.05) is 26.2 Å². The maximum absolute atomic E-state index is 13.3. The van der Waals surface area contributed by atoms with E-state index in [2.05, 4.69) is 0 Å². The second kappa shape index (κ2) is 6.99. The quantitative estimate of drug-likeness (QED) is 0.787. The second-order valence-electron chi connectivity index (χ2n) is 5.41. The van der Waals surface area contributed by atoms with Crippen LogP contribution >= 0.6 is 22.9 Å². The Bertz CT molecular complexity index is 889. The molecular formula is C15H13ClF2N2O3S2. The maximum atomic E-state index is 13.3. The number of amides is 1. The van der Waals surface area contributed by atoms with Crippen LogP contribution in [0.25, 0.3) is 0 Å². The lowest BCUT2D eigenvalue weighted by Gasteiger charge is -2.33. The van der Waals surface area contributed by atoms with Crippen molar-refractivity contribution in [1.29, 1.82) is 0 Å². The minimum Gasteiger partial charge on any atom is -0.336 e. The SMILES string of the molecule is O=C(c1cc(F)cc(F)c1)N1CCN(S(=O)(=O)c2ccc(Cl)s2)CC1. The molecule has 1 aliphatic rings. The molecule has 1 aliphatic heterocycles.